The molecule has 0 radical (unpaired) electrons. The zero-order chi connectivity index (χ0) is 14.5. The van der Waals surface area contributed by atoms with Crippen LogP contribution in [-0.2, 0) is 6.54 Å². The predicted octanol–water partition coefficient (Wildman–Crippen LogP) is 3.16. The monoisotopic (exact) mass is 280 g/mol. The van der Waals surface area contributed by atoms with Gasteiger partial charge in [-0.1, -0.05) is 41.6 Å². The summed E-state index contributed by atoms with van der Waals surface area (Å²) < 4.78 is 5.01. The Balaban J connectivity index is 1.64. The normalized spacial score (nSPS) is 10.5. The summed E-state index contributed by atoms with van der Waals surface area (Å²) in [5.74, 6) is 1.18. The number of aryl methyl sites for hydroxylation is 1. The summed E-state index contributed by atoms with van der Waals surface area (Å²) in [4.78, 5) is 4.24. The van der Waals surface area contributed by atoms with Crippen LogP contribution in [0.5, 0.6) is 0 Å². The third-order valence-electron chi connectivity index (χ3n) is 3.01. The highest BCUT2D eigenvalue weighted by atomic mass is 16.5. The molecule has 0 aliphatic carbocycles. The van der Waals surface area contributed by atoms with Crippen molar-refractivity contribution < 1.29 is 4.52 Å². The topological polar surface area (TPSA) is 63.0 Å². The van der Waals surface area contributed by atoms with Crippen LogP contribution in [0.4, 0.5) is 5.69 Å². The van der Waals surface area contributed by atoms with Crippen LogP contribution in [0.3, 0.4) is 0 Å². The van der Waals surface area contributed by atoms with E-state index in [2.05, 4.69) is 27.1 Å². The van der Waals surface area contributed by atoms with Gasteiger partial charge >= 0.3 is 0 Å². The highest BCUT2D eigenvalue weighted by molar-refractivity contribution is 5.55. The molecule has 0 fully saturated rings. The maximum atomic E-state index is 5.01. The van der Waals surface area contributed by atoms with Crippen molar-refractivity contribution in [3.8, 4) is 11.4 Å². The second-order valence-corrected chi connectivity index (χ2v) is 4.68. The summed E-state index contributed by atoms with van der Waals surface area (Å²) >= 11 is 0. The van der Waals surface area contributed by atoms with E-state index in [0.717, 1.165) is 16.8 Å². The number of nitrogens with one attached hydrogen (secondary N) is 2. The van der Waals surface area contributed by atoms with Gasteiger partial charge in [-0.3, -0.25) is 0 Å². The summed E-state index contributed by atoms with van der Waals surface area (Å²) in [5.41, 5.74) is 9.46. The highest BCUT2D eigenvalue weighted by Crippen LogP contribution is 2.17. The molecule has 1 heterocycles. The molecule has 2 aromatic carbocycles. The first-order chi connectivity index (χ1) is 10.3. The van der Waals surface area contributed by atoms with Gasteiger partial charge in [-0.25, -0.2) is 5.43 Å². The number of hydrogen-bond acceptors (Lipinski definition) is 5. The summed E-state index contributed by atoms with van der Waals surface area (Å²) in [6.45, 7) is 2.48. The molecule has 5 heteroatoms. The van der Waals surface area contributed by atoms with Gasteiger partial charge in [0.15, 0.2) is 0 Å². The first kappa shape index (κ1) is 13.3. The number of anilines is 1. The zero-order valence-corrected chi connectivity index (χ0v) is 11.7. The number of hydrogen-bond donors (Lipinski definition) is 2. The van der Waals surface area contributed by atoms with E-state index in [-0.39, 0.29) is 0 Å². The quantitative estimate of drug-likeness (QED) is 0.703. The largest absolute Gasteiger partial charge is 0.339 e. The van der Waals surface area contributed by atoms with Crippen LogP contribution in [0.1, 0.15) is 11.5 Å². The molecule has 0 saturated carbocycles. The number of aromatic nitrogens is 2. The second kappa shape index (κ2) is 6.19. The first-order valence-corrected chi connectivity index (χ1v) is 6.75. The van der Waals surface area contributed by atoms with Gasteiger partial charge in [0, 0.05) is 24.7 Å². The van der Waals surface area contributed by atoms with E-state index in [0.29, 0.717) is 18.3 Å². The van der Waals surface area contributed by atoms with E-state index in [1.165, 1.54) is 0 Å². The standard InChI is InChI=1S/C16H16N4O/c1-12-18-16(20-21-12)14-7-5-6-13(10-14)11-17-19-15-8-3-2-4-9-15/h2-10,17,19H,11H2,1H3. The molecule has 0 aliphatic heterocycles. The Morgan fingerprint density at radius 3 is 2.67 bits per heavy atom. The number of hydrazine groups is 1. The Hall–Kier alpha value is -2.66. The Bertz CT molecular complexity index is 709. The molecule has 0 amide bonds. The SMILES string of the molecule is Cc1nc(-c2cccc(CNNc3ccccc3)c2)no1. The molecule has 0 saturated heterocycles. The summed E-state index contributed by atoms with van der Waals surface area (Å²) in [7, 11) is 0. The van der Waals surface area contributed by atoms with Gasteiger partial charge in [0.05, 0.1) is 0 Å². The molecule has 5 nitrogen and oxygen atoms in total. The van der Waals surface area contributed by atoms with Crippen LogP contribution < -0.4 is 10.9 Å². The van der Waals surface area contributed by atoms with E-state index in [1.54, 1.807) is 6.92 Å². The van der Waals surface area contributed by atoms with Gasteiger partial charge in [0.25, 0.3) is 0 Å². The molecule has 2 N–H and O–H groups in total. The molecule has 0 spiro atoms. The van der Waals surface area contributed by atoms with E-state index in [1.807, 2.05) is 48.5 Å². The highest BCUT2D eigenvalue weighted by Gasteiger charge is 2.05. The first-order valence-electron chi connectivity index (χ1n) is 6.75. The maximum Gasteiger partial charge on any atom is 0.223 e. The lowest BCUT2D eigenvalue weighted by Crippen LogP contribution is -2.20. The van der Waals surface area contributed by atoms with E-state index < -0.39 is 0 Å². The van der Waals surface area contributed by atoms with Crippen LogP contribution in [0.25, 0.3) is 11.4 Å². The second-order valence-electron chi connectivity index (χ2n) is 4.68. The number of para-hydroxylation sites is 1. The van der Waals surface area contributed by atoms with Crippen molar-refractivity contribution in [1.82, 2.24) is 15.6 Å². The minimum atomic E-state index is 0.569. The summed E-state index contributed by atoms with van der Waals surface area (Å²) in [6.07, 6.45) is 0. The molecule has 21 heavy (non-hydrogen) atoms. The Kier molecular flexibility index (Phi) is 3.93. The number of rotatable bonds is 5. The van der Waals surface area contributed by atoms with Crippen LogP contribution in [0.2, 0.25) is 0 Å². The molecular weight excluding hydrogens is 264 g/mol. The average molecular weight is 280 g/mol. The molecule has 0 unspecified atom stereocenters. The van der Waals surface area contributed by atoms with E-state index >= 15 is 0 Å². The van der Waals surface area contributed by atoms with Gasteiger partial charge in [0.2, 0.25) is 11.7 Å². The van der Waals surface area contributed by atoms with Crippen molar-refractivity contribution in [1.29, 1.82) is 0 Å². The van der Waals surface area contributed by atoms with Crippen molar-refractivity contribution in [3.05, 3.63) is 66.1 Å². The average Bonchev–Trinajstić information content (AvgIpc) is 2.95. The van der Waals surface area contributed by atoms with Crippen molar-refractivity contribution >= 4 is 5.69 Å². The van der Waals surface area contributed by atoms with Gasteiger partial charge in [0.1, 0.15) is 0 Å². The molecule has 0 atom stereocenters. The molecule has 0 bridgehead atoms. The molecule has 1 aromatic heterocycles. The fourth-order valence-corrected chi connectivity index (χ4v) is 2.01. The fraction of sp³-hybridized carbons (Fsp3) is 0.125. The van der Waals surface area contributed by atoms with Crippen molar-refractivity contribution in [2.45, 2.75) is 13.5 Å². The van der Waals surface area contributed by atoms with Crippen LogP contribution in [0.15, 0.2) is 59.1 Å². The molecule has 0 aliphatic rings. The van der Waals surface area contributed by atoms with Gasteiger partial charge in [-0.05, 0) is 23.8 Å². The van der Waals surface area contributed by atoms with Crippen molar-refractivity contribution in [2.24, 2.45) is 0 Å². The van der Waals surface area contributed by atoms with E-state index in [9.17, 15) is 0 Å². The van der Waals surface area contributed by atoms with Crippen molar-refractivity contribution in [3.63, 3.8) is 0 Å². The number of benzene rings is 2. The fourth-order valence-electron chi connectivity index (χ4n) is 2.01. The third kappa shape index (κ3) is 3.46. The van der Waals surface area contributed by atoms with Gasteiger partial charge in [-0.2, -0.15) is 4.98 Å². The summed E-state index contributed by atoms with van der Waals surface area (Å²) in [6, 6.07) is 18.0. The van der Waals surface area contributed by atoms with E-state index in [4.69, 9.17) is 4.52 Å². The lowest BCUT2D eigenvalue weighted by Gasteiger charge is -2.08. The van der Waals surface area contributed by atoms with Crippen molar-refractivity contribution in [2.75, 3.05) is 5.43 Å². The Morgan fingerprint density at radius 2 is 1.90 bits per heavy atom. The van der Waals surface area contributed by atoms with Crippen LogP contribution in [0, 0.1) is 6.92 Å². The molecule has 3 rings (SSSR count). The molecule has 106 valence electrons. The third-order valence-corrected chi connectivity index (χ3v) is 3.01. The molecular formula is C16H16N4O. The predicted molar refractivity (Wildman–Crippen MR) is 81.4 cm³/mol. The lowest BCUT2D eigenvalue weighted by atomic mass is 10.1. The summed E-state index contributed by atoms with van der Waals surface area (Å²) in [5, 5.41) is 3.93. The Morgan fingerprint density at radius 1 is 1.05 bits per heavy atom. The Labute approximate surface area is 123 Å². The molecule has 3 aromatic rings. The van der Waals surface area contributed by atoms with Gasteiger partial charge in [-0.15, -0.1) is 0 Å². The minimum absolute atomic E-state index is 0.569. The van der Waals surface area contributed by atoms with Gasteiger partial charge < -0.3 is 9.95 Å². The maximum absolute atomic E-state index is 5.01. The number of nitrogens with zero attached hydrogens (tertiary/aromatic N) is 2. The van der Waals surface area contributed by atoms with Crippen LogP contribution in [-0.4, -0.2) is 10.1 Å². The zero-order valence-electron chi connectivity index (χ0n) is 11.7. The minimum Gasteiger partial charge on any atom is -0.339 e. The smallest absolute Gasteiger partial charge is 0.223 e. The lowest BCUT2D eigenvalue weighted by molar-refractivity contribution is 0.394. The van der Waals surface area contributed by atoms with Crippen LogP contribution >= 0.6 is 0 Å².